The second-order valence-corrected chi connectivity index (χ2v) is 3.53. The molecule has 0 saturated heterocycles. The Labute approximate surface area is 102 Å². The number of phenols is 1. The molecule has 84 valence electrons. The van der Waals surface area contributed by atoms with Crippen molar-refractivity contribution in [2.24, 2.45) is 5.73 Å². The minimum Gasteiger partial charge on any atom is -0.506 e. The first-order valence-electron chi connectivity index (χ1n) is 3.88. The van der Waals surface area contributed by atoms with Gasteiger partial charge in [-0.05, 0) is 22.0 Å². The Hall–Kier alpha value is -0.780. The van der Waals surface area contributed by atoms with E-state index >= 15 is 0 Å². The maximum absolute atomic E-state index is 11.1. The van der Waals surface area contributed by atoms with E-state index in [0.717, 1.165) is 0 Å². The Balaban J connectivity index is 0.00000196. The van der Waals surface area contributed by atoms with Crippen LogP contribution in [0.3, 0.4) is 0 Å². The lowest BCUT2D eigenvalue weighted by Crippen LogP contribution is -2.22. The highest BCUT2D eigenvalue weighted by atomic mass is 79.9. The van der Waals surface area contributed by atoms with Gasteiger partial charge in [0.25, 0.3) is 0 Å². The monoisotopic (exact) mass is 295 g/mol. The van der Waals surface area contributed by atoms with Crippen LogP contribution in [0.1, 0.15) is 11.6 Å². The maximum Gasteiger partial charge on any atom is 0.327 e. The third kappa shape index (κ3) is 3.09. The summed E-state index contributed by atoms with van der Waals surface area (Å²) >= 11 is 3.13. The summed E-state index contributed by atoms with van der Waals surface area (Å²) in [6.07, 6.45) is 0. The molecule has 0 saturated carbocycles. The molecule has 6 heteroatoms. The first-order chi connectivity index (χ1) is 6.57. The van der Waals surface area contributed by atoms with Gasteiger partial charge in [0, 0.05) is 5.56 Å². The number of halogens is 2. The first kappa shape index (κ1) is 14.2. The number of hydrogen-bond acceptors (Lipinski definition) is 4. The van der Waals surface area contributed by atoms with Crippen molar-refractivity contribution in [3.63, 3.8) is 0 Å². The van der Waals surface area contributed by atoms with Crippen LogP contribution in [0, 0.1) is 0 Å². The highest BCUT2D eigenvalue weighted by Crippen LogP contribution is 2.31. The third-order valence-electron chi connectivity index (χ3n) is 1.81. The average Bonchev–Trinajstić information content (AvgIpc) is 2.20. The van der Waals surface area contributed by atoms with Gasteiger partial charge in [0.1, 0.15) is 11.8 Å². The zero-order valence-corrected chi connectivity index (χ0v) is 10.3. The Morgan fingerprint density at radius 1 is 1.60 bits per heavy atom. The SMILES string of the molecule is COC(=O)[C@@H](N)c1cccc(Br)c1O.Cl. The topological polar surface area (TPSA) is 72.5 Å². The summed E-state index contributed by atoms with van der Waals surface area (Å²) < 4.78 is 4.97. The number of ether oxygens (including phenoxy) is 1. The number of hydrogen-bond donors (Lipinski definition) is 2. The summed E-state index contributed by atoms with van der Waals surface area (Å²) in [5.74, 6) is -0.621. The van der Waals surface area contributed by atoms with Gasteiger partial charge in [0.2, 0.25) is 0 Å². The summed E-state index contributed by atoms with van der Waals surface area (Å²) in [5.41, 5.74) is 5.90. The van der Waals surface area contributed by atoms with Gasteiger partial charge in [-0.25, -0.2) is 0 Å². The lowest BCUT2D eigenvalue weighted by atomic mass is 10.1. The molecule has 0 aliphatic rings. The van der Waals surface area contributed by atoms with Gasteiger partial charge in [-0.15, -0.1) is 12.4 Å². The van der Waals surface area contributed by atoms with Crippen LogP contribution in [0.15, 0.2) is 22.7 Å². The van der Waals surface area contributed by atoms with E-state index in [1.807, 2.05) is 0 Å². The molecule has 3 N–H and O–H groups in total. The molecule has 0 radical (unpaired) electrons. The number of benzene rings is 1. The van der Waals surface area contributed by atoms with Gasteiger partial charge in [0.05, 0.1) is 11.6 Å². The fourth-order valence-corrected chi connectivity index (χ4v) is 1.42. The van der Waals surface area contributed by atoms with Gasteiger partial charge in [-0.3, -0.25) is 4.79 Å². The molecular formula is C9H11BrClNO3. The molecule has 0 amide bonds. The standard InChI is InChI=1S/C9H10BrNO3.ClH/c1-14-9(13)7(11)5-3-2-4-6(10)8(5)12;/h2-4,7,12H,11H2,1H3;1H/t7-;/m0./s1. The molecule has 1 rings (SSSR count). The molecule has 0 spiro atoms. The molecule has 0 heterocycles. The second-order valence-electron chi connectivity index (χ2n) is 2.68. The zero-order valence-electron chi connectivity index (χ0n) is 7.94. The van der Waals surface area contributed by atoms with Gasteiger partial charge in [-0.2, -0.15) is 0 Å². The number of nitrogens with two attached hydrogens (primary N) is 1. The van der Waals surface area contributed by atoms with Crippen molar-refractivity contribution < 1.29 is 14.6 Å². The largest absolute Gasteiger partial charge is 0.506 e. The van der Waals surface area contributed by atoms with Gasteiger partial charge < -0.3 is 15.6 Å². The lowest BCUT2D eigenvalue weighted by Gasteiger charge is -2.11. The lowest BCUT2D eigenvalue weighted by molar-refractivity contribution is -0.142. The number of methoxy groups -OCH3 is 1. The number of carbonyl (C=O) groups excluding carboxylic acids is 1. The van der Waals surface area contributed by atoms with E-state index in [-0.39, 0.29) is 18.2 Å². The molecule has 0 aliphatic carbocycles. The van der Waals surface area contributed by atoms with Crippen molar-refractivity contribution in [2.45, 2.75) is 6.04 Å². The highest BCUT2D eigenvalue weighted by molar-refractivity contribution is 9.10. The Kier molecular flexibility index (Phi) is 5.64. The van der Waals surface area contributed by atoms with E-state index in [1.54, 1.807) is 18.2 Å². The molecule has 0 aromatic heterocycles. The van der Waals surface area contributed by atoms with E-state index in [4.69, 9.17) is 5.73 Å². The fraction of sp³-hybridized carbons (Fsp3) is 0.222. The Morgan fingerprint density at radius 2 is 2.20 bits per heavy atom. The molecule has 0 bridgehead atoms. The predicted octanol–water partition coefficient (Wildman–Crippen LogP) is 1.75. The van der Waals surface area contributed by atoms with E-state index in [9.17, 15) is 9.90 Å². The van der Waals surface area contributed by atoms with E-state index in [1.165, 1.54) is 7.11 Å². The number of esters is 1. The number of rotatable bonds is 2. The van der Waals surface area contributed by atoms with E-state index in [2.05, 4.69) is 20.7 Å². The van der Waals surface area contributed by atoms with Crippen LogP contribution in [0.5, 0.6) is 5.75 Å². The van der Waals surface area contributed by atoms with Crippen LogP contribution < -0.4 is 5.73 Å². The van der Waals surface area contributed by atoms with Crippen molar-refractivity contribution in [1.82, 2.24) is 0 Å². The van der Waals surface area contributed by atoms with Crippen molar-refractivity contribution in [1.29, 1.82) is 0 Å². The summed E-state index contributed by atoms with van der Waals surface area (Å²) in [5, 5.41) is 9.58. The summed E-state index contributed by atoms with van der Waals surface area (Å²) in [4.78, 5) is 11.1. The highest BCUT2D eigenvalue weighted by Gasteiger charge is 2.20. The maximum atomic E-state index is 11.1. The Morgan fingerprint density at radius 3 is 2.73 bits per heavy atom. The fourth-order valence-electron chi connectivity index (χ4n) is 1.04. The molecule has 1 atom stereocenters. The minimum atomic E-state index is -0.961. The van der Waals surface area contributed by atoms with Crippen molar-refractivity contribution in [3.05, 3.63) is 28.2 Å². The molecule has 15 heavy (non-hydrogen) atoms. The number of aromatic hydroxyl groups is 1. The normalized spacial score (nSPS) is 11.4. The summed E-state index contributed by atoms with van der Waals surface area (Å²) in [6.45, 7) is 0. The van der Waals surface area contributed by atoms with Crippen LogP contribution >= 0.6 is 28.3 Å². The van der Waals surface area contributed by atoms with Crippen molar-refractivity contribution in [2.75, 3.05) is 7.11 Å². The predicted molar refractivity (Wildman–Crippen MR) is 62.0 cm³/mol. The zero-order chi connectivity index (χ0) is 10.7. The molecule has 1 aromatic carbocycles. The smallest absolute Gasteiger partial charge is 0.327 e. The van der Waals surface area contributed by atoms with Crippen molar-refractivity contribution in [3.8, 4) is 5.75 Å². The third-order valence-corrected chi connectivity index (χ3v) is 2.45. The first-order valence-corrected chi connectivity index (χ1v) is 4.68. The summed E-state index contributed by atoms with van der Waals surface area (Å²) in [7, 11) is 1.25. The average molecular weight is 297 g/mol. The van der Waals surface area contributed by atoms with Gasteiger partial charge in [0.15, 0.2) is 0 Å². The quantitative estimate of drug-likeness (QED) is 0.816. The van der Waals surface area contributed by atoms with Crippen LogP contribution in [0.25, 0.3) is 0 Å². The number of phenolic OH excluding ortho intramolecular Hbond substituents is 1. The van der Waals surface area contributed by atoms with E-state index in [0.29, 0.717) is 10.0 Å². The summed E-state index contributed by atoms with van der Waals surface area (Å²) in [6, 6.07) is 3.95. The van der Waals surface area contributed by atoms with Crippen molar-refractivity contribution >= 4 is 34.3 Å². The molecule has 0 fully saturated rings. The van der Waals surface area contributed by atoms with Crippen LogP contribution in [0.4, 0.5) is 0 Å². The minimum absolute atomic E-state index is 0. The van der Waals surface area contributed by atoms with Crippen LogP contribution in [0.2, 0.25) is 0 Å². The van der Waals surface area contributed by atoms with Gasteiger partial charge >= 0.3 is 5.97 Å². The molecule has 1 aromatic rings. The molecular weight excluding hydrogens is 285 g/mol. The molecule has 0 aliphatic heterocycles. The van der Waals surface area contributed by atoms with E-state index < -0.39 is 12.0 Å². The molecule has 0 unspecified atom stereocenters. The van der Waals surface area contributed by atoms with Crippen LogP contribution in [-0.2, 0) is 9.53 Å². The number of para-hydroxylation sites is 1. The Bertz CT molecular complexity index is 359. The van der Waals surface area contributed by atoms with Crippen LogP contribution in [-0.4, -0.2) is 18.2 Å². The number of carbonyl (C=O) groups is 1. The molecule has 4 nitrogen and oxygen atoms in total. The van der Waals surface area contributed by atoms with Gasteiger partial charge in [-0.1, -0.05) is 12.1 Å². The second kappa shape index (κ2) is 5.95.